The van der Waals surface area contributed by atoms with E-state index in [1.165, 1.54) is 0 Å². The normalized spacial score (nSPS) is 22.3. The first kappa shape index (κ1) is 23.6. The molecule has 0 aliphatic heterocycles. The monoisotopic (exact) mass is 578 g/mol. The molecule has 0 nitrogen and oxygen atoms in total. The predicted molar refractivity (Wildman–Crippen MR) is 89.7 cm³/mol. The summed E-state index contributed by atoms with van der Waals surface area (Å²) in [5.41, 5.74) is 10.2. The van der Waals surface area contributed by atoms with Crippen LogP contribution in [-0.4, -0.2) is 0 Å². The summed E-state index contributed by atoms with van der Waals surface area (Å²) in [6.07, 6.45) is 0. The first-order valence-corrected chi connectivity index (χ1v) is 12.2. The molecule has 0 aromatic heterocycles. The van der Waals surface area contributed by atoms with Crippen molar-refractivity contribution in [3.63, 3.8) is 0 Å². The molecule has 0 fully saturated rings. The second-order valence-electron chi connectivity index (χ2n) is 7.88. The quantitative estimate of drug-likeness (QED) is 0.444. The Balaban J connectivity index is 0.00000242. The molecule has 0 heterocycles. The third-order valence-electron chi connectivity index (χ3n) is 6.38. The summed E-state index contributed by atoms with van der Waals surface area (Å²) in [6, 6.07) is 0. The van der Waals surface area contributed by atoms with Gasteiger partial charge in [0.05, 0.1) is 0 Å². The van der Waals surface area contributed by atoms with Crippen LogP contribution in [0.4, 0.5) is 0 Å². The Bertz CT molecular complexity index is 585. The van der Waals surface area contributed by atoms with Gasteiger partial charge in [0.15, 0.2) is 0 Å². The fourth-order valence-electron chi connectivity index (χ4n) is 3.81. The molecule has 0 aromatic rings. The number of rotatable bonds is 2. The van der Waals surface area contributed by atoms with Crippen LogP contribution in [0.3, 0.4) is 0 Å². The molecule has 0 radical (unpaired) electrons. The maximum atomic E-state index is 2.44. The predicted octanol–water partition coefficient (Wildman–Crippen LogP) is 0.380. The van der Waals surface area contributed by atoms with Gasteiger partial charge in [-0.1, -0.05) is 0 Å². The summed E-state index contributed by atoms with van der Waals surface area (Å²) >= 11 is -1.16. The minimum absolute atomic E-state index is 0. The van der Waals surface area contributed by atoms with Gasteiger partial charge in [-0.25, -0.2) is 0 Å². The van der Waals surface area contributed by atoms with Crippen LogP contribution in [0.15, 0.2) is 38.7 Å². The Hall–Kier alpha value is 0.592. The van der Waals surface area contributed by atoms with Crippen LogP contribution in [0.1, 0.15) is 69.2 Å². The van der Waals surface area contributed by atoms with Gasteiger partial charge >= 0.3 is 146 Å². The molecule has 2 aliphatic rings. The minimum Gasteiger partial charge on any atom is -1.00 e. The van der Waals surface area contributed by atoms with E-state index in [1.54, 1.807) is 33.4 Å². The molecule has 0 saturated carbocycles. The summed E-state index contributed by atoms with van der Waals surface area (Å²) < 4.78 is 3.67. The molecular weight excluding hydrogens is 549 g/mol. The van der Waals surface area contributed by atoms with Crippen LogP contribution in [0, 0.1) is 38.6 Å². The Morgan fingerprint density at radius 3 is 0.957 bits per heavy atom. The zero-order valence-electron chi connectivity index (χ0n) is 16.3. The van der Waals surface area contributed by atoms with Crippen molar-refractivity contribution in [2.24, 2.45) is 10.8 Å². The summed E-state index contributed by atoms with van der Waals surface area (Å²) in [5, 5.41) is 0. The molecule has 3 heteroatoms. The zero-order chi connectivity index (χ0) is 16.3. The third-order valence-corrected chi connectivity index (χ3v) is 16.8. The maximum Gasteiger partial charge on any atom is -1.00 e. The van der Waals surface area contributed by atoms with E-state index in [-0.39, 0.29) is 24.8 Å². The topological polar surface area (TPSA) is 0 Å². The number of hydrogen-bond acceptors (Lipinski definition) is 0. The molecule has 0 amide bonds. The Morgan fingerprint density at radius 1 is 0.522 bits per heavy atom. The maximum absolute atomic E-state index is 2.44. The van der Waals surface area contributed by atoms with Gasteiger partial charge in [0.2, 0.25) is 0 Å². The van der Waals surface area contributed by atoms with Crippen molar-refractivity contribution in [1.82, 2.24) is 0 Å². The van der Waals surface area contributed by atoms with Gasteiger partial charge in [-0.3, -0.25) is 0 Å². The van der Waals surface area contributed by atoms with E-state index in [9.17, 15) is 0 Å². The van der Waals surface area contributed by atoms with Crippen molar-refractivity contribution in [2.75, 3.05) is 0 Å². The average Bonchev–Trinajstić information content (AvgIpc) is 2.63. The van der Waals surface area contributed by atoms with Gasteiger partial charge in [-0.15, -0.1) is 0 Å². The Kier molecular flexibility index (Phi) is 7.65. The zero-order valence-corrected chi connectivity index (χ0v) is 21.9. The molecular formula is C20H30Cl2U. The SMILES string of the molecule is CC1=C(C)C(C)(C)[C]([U+2][C]2=C(C)C(C)=C(C)C2(C)C)=C1C.[Cl-].[Cl-]. The van der Waals surface area contributed by atoms with Crippen molar-refractivity contribution < 1.29 is 52.5 Å². The van der Waals surface area contributed by atoms with E-state index in [1.807, 2.05) is 5.21 Å². The van der Waals surface area contributed by atoms with Crippen molar-refractivity contribution in [1.29, 1.82) is 0 Å². The van der Waals surface area contributed by atoms with Gasteiger partial charge in [0.1, 0.15) is 0 Å². The smallest absolute Gasteiger partial charge is 1.00 e. The van der Waals surface area contributed by atoms with Gasteiger partial charge in [0, 0.05) is 0 Å². The molecule has 0 spiro atoms. The van der Waals surface area contributed by atoms with Crippen LogP contribution in [0.5, 0.6) is 0 Å². The number of hydrogen-bond donors (Lipinski definition) is 0. The Morgan fingerprint density at radius 2 is 0.783 bits per heavy atom. The van der Waals surface area contributed by atoms with Gasteiger partial charge in [0.25, 0.3) is 0 Å². The van der Waals surface area contributed by atoms with Crippen LogP contribution >= 0.6 is 0 Å². The van der Waals surface area contributed by atoms with E-state index in [0.717, 1.165) is 0 Å². The first-order valence-electron chi connectivity index (χ1n) is 8.00. The van der Waals surface area contributed by atoms with Gasteiger partial charge in [-0.05, 0) is 0 Å². The summed E-state index contributed by atoms with van der Waals surface area (Å²) in [6.45, 7) is 23.8. The molecule has 0 aromatic carbocycles. The van der Waals surface area contributed by atoms with Gasteiger partial charge < -0.3 is 24.8 Å². The van der Waals surface area contributed by atoms with E-state index < -0.39 is 27.7 Å². The molecule has 23 heavy (non-hydrogen) atoms. The molecule has 2 aliphatic carbocycles. The summed E-state index contributed by atoms with van der Waals surface area (Å²) in [4.78, 5) is 0. The number of allylic oxidation sites excluding steroid dienone is 8. The van der Waals surface area contributed by atoms with Crippen molar-refractivity contribution in [3.05, 3.63) is 38.7 Å². The fourth-order valence-corrected chi connectivity index (χ4v) is 12.1. The second-order valence-corrected chi connectivity index (χ2v) is 13.1. The fraction of sp³-hybridized carbons (Fsp3) is 0.600. The van der Waals surface area contributed by atoms with E-state index in [2.05, 4.69) is 69.2 Å². The standard InChI is InChI=1S/2C10H15.2ClH.U/c2*1-7-6-10(4,5)9(3)8(7)2;;;/h2*1-5H3;2*1H;/q;;;;+2/p-2. The second kappa shape index (κ2) is 7.45. The molecule has 0 bridgehead atoms. The third kappa shape index (κ3) is 3.46. The minimum atomic E-state index is -1.16. The largest absolute Gasteiger partial charge is 1.00 e. The summed E-state index contributed by atoms with van der Waals surface area (Å²) in [5.74, 6) is 0. The van der Waals surface area contributed by atoms with Crippen molar-refractivity contribution in [2.45, 2.75) is 69.2 Å². The first-order chi connectivity index (χ1) is 9.44. The molecule has 128 valence electrons. The van der Waals surface area contributed by atoms with Crippen LogP contribution in [0.25, 0.3) is 0 Å². The molecule has 2 rings (SSSR count). The van der Waals surface area contributed by atoms with E-state index in [4.69, 9.17) is 0 Å². The van der Waals surface area contributed by atoms with Crippen molar-refractivity contribution >= 4 is 0 Å². The average molecular weight is 579 g/mol. The van der Waals surface area contributed by atoms with Crippen LogP contribution in [-0.2, 0) is 0 Å². The Labute approximate surface area is 170 Å². The molecule has 0 atom stereocenters. The van der Waals surface area contributed by atoms with Crippen LogP contribution < -0.4 is 24.8 Å². The number of halogens is 2. The van der Waals surface area contributed by atoms with Crippen LogP contribution in [0.2, 0.25) is 0 Å². The molecule has 0 N–H and O–H groups in total. The van der Waals surface area contributed by atoms with Crippen molar-refractivity contribution in [3.8, 4) is 0 Å². The molecule has 0 unspecified atom stereocenters. The van der Waals surface area contributed by atoms with E-state index in [0.29, 0.717) is 10.8 Å². The summed E-state index contributed by atoms with van der Waals surface area (Å²) in [7, 11) is 0. The molecule has 0 saturated heterocycles. The van der Waals surface area contributed by atoms with E-state index >= 15 is 0 Å². The van der Waals surface area contributed by atoms with Gasteiger partial charge in [-0.2, -0.15) is 0 Å².